The molecule has 0 spiro atoms. The van der Waals surface area contributed by atoms with E-state index in [2.05, 4.69) is 5.16 Å². The fourth-order valence-corrected chi connectivity index (χ4v) is 1.85. The summed E-state index contributed by atoms with van der Waals surface area (Å²) in [5, 5.41) is 21.1. The minimum atomic E-state index is -0.532. The monoisotopic (exact) mass is 171 g/mol. The Morgan fingerprint density at radius 1 is 1.33 bits per heavy atom. The van der Waals surface area contributed by atoms with Crippen molar-refractivity contribution in [1.29, 1.82) is 0 Å². The van der Waals surface area contributed by atoms with Crippen LogP contribution in [0, 0.1) is 5.92 Å². The summed E-state index contributed by atoms with van der Waals surface area (Å²) in [5.41, 5.74) is 0.446. The zero-order valence-corrected chi connectivity index (χ0v) is 7.53. The number of aliphatic hydroxyl groups is 1. The highest BCUT2D eigenvalue weighted by Gasteiger charge is 2.23. The fourth-order valence-electron chi connectivity index (χ4n) is 1.85. The molecule has 0 amide bonds. The zero-order chi connectivity index (χ0) is 8.97. The maximum atomic E-state index is 9.65. The van der Waals surface area contributed by atoms with Crippen molar-refractivity contribution < 1.29 is 10.3 Å². The Morgan fingerprint density at radius 2 is 1.92 bits per heavy atom. The van der Waals surface area contributed by atoms with E-state index in [1.165, 1.54) is 19.3 Å². The van der Waals surface area contributed by atoms with Gasteiger partial charge in [-0.25, -0.2) is 0 Å². The Bertz CT molecular complexity index is 162. The second-order valence-electron chi connectivity index (χ2n) is 3.58. The van der Waals surface area contributed by atoms with Gasteiger partial charge in [-0.15, -0.1) is 0 Å². The van der Waals surface area contributed by atoms with Gasteiger partial charge in [0.1, 0.15) is 0 Å². The molecule has 1 aliphatic carbocycles. The molecule has 1 rings (SSSR count). The van der Waals surface area contributed by atoms with Gasteiger partial charge in [0.2, 0.25) is 0 Å². The van der Waals surface area contributed by atoms with Crippen molar-refractivity contribution in [2.24, 2.45) is 11.1 Å². The van der Waals surface area contributed by atoms with Crippen LogP contribution >= 0.6 is 0 Å². The van der Waals surface area contributed by atoms with E-state index in [-0.39, 0.29) is 0 Å². The number of nitrogens with zero attached hydrogens (tertiary/aromatic N) is 1. The van der Waals surface area contributed by atoms with E-state index >= 15 is 0 Å². The first-order valence-corrected chi connectivity index (χ1v) is 4.62. The molecule has 1 fully saturated rings. The third-order valence-corrected chi connectivity index (χ3v) is 2.68. The van der Waals surface area contributed by atoms with Crippen LogP contribution in [0.2, 0.25) is 0 Å². The van der Waals surface area contributed by atoms with E-state index in [0.29, 0.717) is 11.6 Å². The minimum Gasteiger partial charge on any atom is -0.411 e. The summed E-state index contributed by atoms with van der Waals surface area (Å²) in [6, 6.07) is 0. The summed E-state index contributed by atoms with van der Waals surface area (Å²) in [6.07, 6.45) is 5.26. The highest BCUT2D eigenvalue weighted by Crippen LogP contribution is 2.26. The van der Waals surface area contributed by atoms with Crippen molar-refractivity contribution in [3.05, 3.63) is 0 Å². The van der Waals surface area contributed by atoms with Gasteiger partial charge in [-0.2, -0.15) is 0 Å². The van der Waals surface area contributed by atoms with Gasteiger partial charge < -0.3 is 10.3 Å². The largest absolute Gasteiger partial charge is 0.411 e. The Kier molecular flexibility index (Phi) is 3.53. The van der Waals surface area contributed by atoms with Gasteiger partial charge in [0.15, 0.2) is 0 Å². The molecule has 0 saturated heterocycles. The topological polar surface area (TPSA) is 52.8 Å². The van der Waals surface area contributed by atoms with Crippen LogP contribution in [-0.4, -0.2) is 22.1 Å². The van der Waals surface area contributed by atoms with Gasteiger partial charge in [-0.05, 0) is 25.7 Å². The molecule has 3 heteroatoms. The van der Waals surface area contributed by atoms with Crippen molar-refractivity contribution in [3.63, 3.8) is 0 Å². The summed E-state index contributed by atoms with van der Waals surface area (Å²) < 4.78 is 0. The summed E-state index contributed by atoms with van der Waals surface area (Å²) in [5.74, 6) is 0.314. The van der Waals surface area contributed by atoms with Crippen molar-refractivity contribution in [3.8, 4) is 0 Å². The Morgan fingerprint density at radius 3 is 2.42 bits per heavy atom. The quantitative estimate of drug-likeness (QED) is 0.378. The maximum absolute atomic E-state index is 9.65. The number of hydrogen-bond acceptors (Lipinski definition) is 3. The van der Waals surface area contributed by atoms with E-state index in [0.717, 1.165) is 12.8 Å². The first-order valence-electron chi connectivity index (χ1n) is 4.62. The van der Waals surface area contributed by atoms with Crippen LogP contribution in [-0.2, 0) is 0 Å². The summed E-state index contributed by atoms with van der Waals surface area (Å²) in [4.78, 5) is 0. The Hall–Kier alpha value is -0.570. The summed E-state index contributed by atoms with van der Waals surface area (Å²) in [7, 11) is 0. The average Bonchev–Trinajstić information content (AvgIpc) is 2.17. The second-order valence-corrected chi connectivity index (χ2v) is 3.58. The van der Waals surface area contributed by atoms with Crippen molar-refractivity contribution in [2.75, 3.05) is 0 Å². The van der Waals surface area contributed by atoms with E-state index < -0.39 is 6.10 Å². The van der Waals surface area contributed by atoms with Crippen LogP contribution in [0.1, 0.15) is 39.0 Å². The van der Waals surface area contributed by atoms with Gasteiger partial charge >= 0.3 is 0 Å². The molecule has 0 aromatic heterocycles. The first-order chi connectivity index (χ1) is 5.75. The SMILES string of the molecule is C/C(=N/O)C(O)C1CCCCC1. The van der Waals surface area contributed by atoms with Crippen molar-refractivity contribution in [2.45, 2.75) is 45.1 Å². The van der Waals surface area contributed by atoms with Gasteiger partial charge in [0, 0.05) is 0 Å². The lowest BCUT2D eigenvalue weighted by Gasteiger charge is -2.25. The second kappa shape index (κ2) is 4.45. The third kappa shape index (κ3) is 2.21. The lowest BCUT2D eigenvalue weighted by molar-refractivity contribution is 0.136. The van der Waals surface area contributed by atoms with Gasteiger partial charge in [-0.3, -0.25) is 0 Å². The minimum absolute atomic E-state index is 0.314. The van der Waals surface area contributed by atoms with E-state index in [4.69, 9.17) is 5.21 Å². The molecule has 12 heavy (non-hydrogen) atoms. The summed E-state index contributed by atoms with van der Waals surface area (Å²) in [6.45, 7) is 1.67. The van der Waals surface area contributed by atoms with E-state index in [9.17, 15) is 5.11 Å². The summed E-state index contributed by atoms with van der Waals surface area (Å²) >= 11 is 0. The molecule has 1 unspecified atom stereocenters. The predicted octanol–water partition coefficient (Wildman–Crippen LogP) is 1.78. The van der Waals surface area contributed by atoms with Crippen LogP contribution in [0.4, 0.5) is 0 Å². The first kappa shape index (κ1) is 9.52. The maximum Gasteiger partial charge on any atom is 0.0979 e. The lowest BCUT2D eigenvalue weighted by atomic mass is 9.84. The average molecular weight is 171 g/mol. The lowest BCUT2D eigenvalue weighted by Crippen LogP contribution is -2.29. The van der Waals surface area contributed by atoms with Gasteiger partial charge in [-0.1, -0.05) is 24.4 Å². The van der Waals surface area contributed by atoms with Crippen molar-refractivity contribution >= 4 is 5.71 Å². The Labute approximate surface area is 73.1 Å². The van der Waals surface area contributed by atoms with Crippen LogP contribution in [0.3, 0.4) is 0 Å². The molecule has 1 saturated carbocycles. The van der Waals surface area contributed by atoms with E-state index in [1.807, 2.05) is 0 Å². The molecule has 1 aliphatic rings. The number of rotatable bonds is 2. The molecule has 3 nitrogen and oxygen atoms in total. The fraction of sp³-hybridized carbons (Fsp3) is 0.889. The number of oxime groups is 1. The standard InChI is InChI=1S/C9H17NO2/c1-7(10-12)9(11)8-5-3-2-4-6-8/h8-9,11-12H,2-6H2,1H3/b10-7-. The molecule has 0 aromatic carbocycles. The normalized spacial score (nSPS) is 24.0. The molecular weight excluding hydrogens is 154 g/mol. The molecular formula is C9H17NO2. The van der Waals surface area contributed by atoms with Gasteiger partial charge in [0.05, 0.1) is 11.8 Å². The highest BCUT2D eigenvalue weighted by molar-refractivity contribution is 5.85. The smallest absolute Gasteiger partial charge is 0.0979 e. The zero-order valence-electron chi connectivity index (χ0n) is 7.53. The van der Waals surface area contributed by atoms with Crippen LogP contribution in [0.5, 0.6) is 0 Å². The number of aliphatic hydroxyl groups excluding tert-OH is 1. The molecule has 2 N–H and O–H groups in total. The molecule has 0 aliphatic heterocycles. The molecule has 0 heterocycles. The number of hydrogen-bond donors (Lipinski definition) is 2. The van der Waals surface area contributed by atoms with E-state index in [1.54, 1.807) is 6.92 Å². The molecule has 70 valence electrons. The van der Waals surface area contributed by atoms with Crippen molar-refractivity contribution in [1.82, 2.24) is 0 Å². The molecule has 0 radical (unpaired) electrons. The van der Waals surface area contributed by atoms with Crippen LogP contribution in [0.25, 0.3) is 0 Å². The molecule has 0 aromatic rings. The van der Waals surface area contributed by atoms with Gasteiger partial charge in [0.25, 0.3) is 0 Å². The molecule has 1 atom stereocenters. The Balaban J connectivity index is 2.44. The predicted molar refractivity (Wildman–Crippen MR) is 47.5 cm³/mol. The molecule has 0 bridgehead atoms. The van der Waals surface area contributed by atoms with Crippen LogP contribution < -0.4 is 0 Å². The van der Waals surface area contributed by atoms with Crippen LogP contribution in [0.15, 0.2) is 5.16 Å². The third-order valence-electron chi connectivity index (χ3n) is 2.68. The highest BCUT2D eigenvalue weighted by atomic mass is 16.4.